The molecule has 0 saturated carbocycles. The summed E-state index contributed by atoms with van der Waals surface area (Å²) in [5, 5.41) is 1.59. The van der Waals surface area contributed by atoms with Crippen LogP contribution in [0.4, 0.5) is 22.0 Å². The normalized spacial score (nSPS) is 11.2. The highest BCUT2D eigenvalue weighted by Gasteiger charge is 2.26. The number of aromatic nitrogens is 1. The lowest BCUT2D eigenvalue weighted by Gasteiger charge is -2.10. The summed E-state index contributed by atoms with van der Waals surface area (Å²) in [5.74, 6) is -9.17. The summed E-state index contributed by atoms with van der Waals surface area (Å²) in [7, 11) is 1.54. The van der Waals surface area contributed by atoms with E-state index >= 15 is 0 Å². The zero-order chi connectivity index (χ0) is 20.7. The van der Waals surface area contributed by atoms with Crippen molar-refractivity contribution in [3.63, 3.8) is 0 Å². The maximum Gasteiger partial charge on any atom is 0.253 e. The van der Waals surface area contributed by atoms with Crippen LogP contribution in [0.15, 0.2) is 48.8 Å². The molecule has 0 spiro atoms. The lowest BCUT2D eigenvalue weighted by Crippen LogP contribution is -2.20. The number of ether oxygens (including phenoxy) is 2. The molecule has 2 aromatic carbocycles. The van der Waals surface area contributed by atoms with Gasteiger partial charge in [0.05, 0.1) is 12.7 Å². The van der Waals surface area contributed by atoms with Gasteiger partial charge in [-0.15, -0.1) is 0 Å². The molecule has 2 aromatic heterocycles. The molecule has 0 aliphatic rings. The van der Waals surface area contributed by atoms with E-state index in [0.29, 0.717) is 5.75 Å². The van der Waals surface area contributed by atoms with E-state index in [1.807, 2.05) is 28.9 Å². The first-order chi connectivity index (χ1) is 13.9. The van der Waals surface area contributed by atoms with Gasteiger partial charge < -0.3 is 9.47 Å². The number of methoxy groups -OCH3 is 1. The molecule has 3 nitrogen and oxygen atoms in total. The maximum atomic E-state index is 13.8. The third-order valence-corrected chi connectivity index (χ3v) is 4.56. The van der Waals surface area contributed by atoms with Crippen LogP contribution in [0.2, 0.25) is 0 Å². The molecule has 4 rings (SSSR count). The molecule has 29 heavy (non-hydrogen) atoms. The molecule has 0 fully saturated rings. The van der Waals surface area contributed by atoms with E-state index in [9.17, 15) is 22.0 Å². The van der Waals surface area contributed by atoms with Gasteiger partial charge in [-0.1, -0.05) is 0 Å². The second-order valence-electron chi connectivity index (χ2n) is 6.27. The number of rotatable bonds is 4. The standard InChI is InChI=1S/C21H13F5NO2/c1-28-16-3-2-6-27-9-11-4-5-13(7-12(11)8-15(16)27)29-10-14-17(22)19(24)21(26)20(25)18(14)23/h2-9H,10H2,1H3/q+1. The molecule has 4 aromatic rings. The molecule has 2 heterocycles. The fourth-order valence-electron chi connectivity index (χ4n) is 3.06. The third-order valence-electron chi connectivity index (χ3n) is 4.56. The fourth-order valence-corrected chi connectivity index (χ4v) is 3.06. The van der Waals surface area contributed by atoms with Gasteiger partial charge in [-0.25, -0.2) is 22.0 Å². The SMILES string of the molecule is COc1ccc[n+]2cc3ccc(OCc4c(F)c(F)c(F)c(F)c4F)cc3cc12. The molecule has 0 aliphatic heterocycles. The van der Waals surface area contributed by atoms with Gasteiger partial charge in [-0.05, 0) is 29.7 Å². The minimum Gasteiger partial charge on any atom is -0.490 e. The summed E-state index contributed by atoms with van der Waals surface area (Å²) >= 11 is 0. The molecular formula is C21H13F5NO2+. The Hall–Kier alpha value is -3.42. The predicted molar refractivity (Wildman–Crippen MR) is 94.2 cm³/mol. The number of hydrogen-bond donors (Lipinski definition) is 0. The van der Waals surface area contributed by atoms with Crippen LogP contribution in [0.3, 0.4) is 0 Å². The van der Waals surface area contributed by atoms with Crippen LogP contribution < -0.4 is 13.9 Å². The third kappa shape index (κ3) is 3.20. The van der Waals surface area contributed by atoms with Crippen LogP contribution in [0, 0.1) is 29.1 Å². The van der Waals surface area contributed by atoms with Crippen molar-refractivity contribution in [3.05, 3.63) is 83.4 Å². The van der Waals surface area contributed by atoms with Crippen molar-refractivity contribution in [2.45, 2.75) is 6.61 Å². The van der Waals surface area contributed by atoms with Crippen molar-refractivity contribution in [3.8, 4) is 11.5 Å². The number of hydrogen-bond acceptors (Lipinski definition) is 2. The zero-order valence-electron chi connectivity index (χ0n) is 15.0. The smallest absolute Gasteiger partial charge is 0.253 e. The van der Waals surface area contributed by atoms with Crippen LogP contribution in [-0.2, 0) is 6.61 Å². The Morgan fingerprint density at radius 2 is 1.52 bits per heavy atom. The number of nitrogens with zero attached hydrogens (tertiary/aromatic N) is 1. The van der Waals surface area contributed by atoms with E-state index in [-0.39, 0.29) is 5.75 Å². The molecule has 148 valence electrons. The van der Waals surface area contributed by atoms with E-state index in [4.69, 9.17) is 9.47 Å². The Morgan fingerprint density at radius 1 is 0.828 bits per heavy atom. The summed E-state index contributed by atoms with van der Waals surface area (Å²) in [6.45, 7) is -0.817. The lowest BCUT2D eigenvalue weighted by atomic mass is 10.1. The van der Waals surface area contributed by atoms with Crippen molar-refractivity contribution in [1.82, 2.24) is 0 Å². The van der Waals surface area contributed by atoms with Crippen LogP contribution >= 0.6 is 0 Å². The Kier molecular flexibility index (Phi) is 4.70. The van der Waals surface area contributed by atoms with Gasteiger partial charge in [-0.3, -0.25) is 0 Å². The fraction of sp³-hybridized carbons (Fsp3) is 0.0952. The average Bonchev–Trinajstić information content (AvgIpc) is 2.74. The average molecular weight is 406 g/mol. The Morgan fingerprint density at radius 3 is 2.21 bits per heavy atom. The molecule has 0 amide bonds. The lowest BCUT2D eigenvalue weighted by molar-refractivity contribution is -0.510. The van der Waals surface area contributed by atoms with Crippen molar-refractivity contribution in [2.75, 3.05) is 7.11 Å². The van der Waals surface area contributed by atoms with E-state index in [0.717, 1.165) is 16.3 Å². The maximum absolute atomic E-state index is 13.8. The Bertz CT molecular complexity index is 1230. The van der Waals surface area contributed by atoms with Crippen LogP contribution in [0.1, 0.15) is 5.56 Å². The first-order valence-corrected chi connectivity index (χ1v) is 8.45. The molecule has 0 unspecified atom stereocenters. The van der Waals surface area contributed by atoms with Gasteiger partial charge in [-0.2, -0.15) is 4.40 Å². The number of pyridine rings is 2. The van der Waals surface area contributed by atoms with E-state index in [1.165, 1.54) is 0 Å². The molecule has 0 aliphatic carbocycles. The van der Waals surface area contributed by atoms with Crippen LogP contribution in [0.5, 0.6) is 11.5 Å². The van der Waals surface area contributed by atoms with Crippen LogP contribution in [-0.4, -0.2) is 7.11 Å². The van der Waals surface area contributed by atoms with Crippen molar-refractivity contribution in [1.29, 1.82) is 0 Å². The van der Waals surface area contributed by atoms with Crippen molar-refractivity contribution >= 4 is 16.3 Å². The molecule has 0 radical (unpaired) electrons. The largest absolute Gasteiger partial charge is 0.490 e. The van der Waals surface area contributed by atoms with Gasteiger partial charge >= 0.3 is 0 Å². The molecule has 0 atom stereocenters. The molecule has 0 bridgehead atoms. The molecule has 0 saturated heterocycles. The van der Waals surface area contributed by atoms with Crippen molar-refractivity contribution < 1.29 is 35.8 Å². The van der Waals surface area contributed by atoms with Gasteiger partial charge in [0.2, 0.25) is 5.82 Å². The molecular weight excluding hydrogens is 393 g/mol. The first-order valence-electron chi connectivity index (χ1n) is 8.45. The second-order valence-corrected chi connectivity index (χ2v) is 6.27. The monoisotopic (exact) mass is 406 g/mol. The quantitative estimate of drug-likeness (QED) is 0.159. The molecule has 8 heteroatoms. The van der Waals surface area contributed by atoms with E-state index < -0.39 is 41.3 Å². The zero-order valence-corrected chi connectivity index (χ0v) is 15.0. The summed E-state index contributed by atoms with van der Waals surface area (Å²) in [4.78, 5) is 0. The number of halogens is 5. The summed E-state index contributed by atoms with van der Waals surface area (Å²) in [6, 6.07) is 10.3. The highest BCUT2D eigenvalue weighted by molar-refractivity contribution is 5.86. The highest BCUT2D eigenvalue weighted by atomic mass is 19.2. The Labute approximate surface area is 161 Å². The minimum atomic E-state index is -2.20. The first kappa shape index (κ1) is 18.9. The number of fused-ring (bicyclic) bond motifs is 2. The summed E-state index contributed by atoms with van der Waals surface area (Å²) in [6.07, 6.45) is 3.71. The van der Waals surface area contributed by atoms with Crippen LogP contribution in [0.25, 0.3) is 16.3 Å². The van der Waals surface area contributed by atoms with E-state index in [1.54, 1.807) is 31.4 Å². The minimum absolute atomic E-state index is 0.209. The summed E-state index contributed by atoms with van der Waals surface area (Å²) < 4.78 is 79.9. The molecule has 0 N–H and O–H groups in total. The van der Waals surface area contributed by atoms with Gasteiger partial charge in [0.25, 0.3) is 5.52 Å². The summed E-state index contributed by atoms with van der Waals surface area (Å²) in [5.41, 5.74) is -0.253. The van der Waals surface area contributed by atoms with Gasteiger partial charge in [0, 0.05) is 17.5 Å². The van der Waals surface area contributed by atoms with E-state index in [2.05, 4.69) is 0 Å². The highest BCUT2D eigenvalue weighted by Crippen LogP contribution is 2.27. The van der Waals surface area contributed by atoms with Gasteiger partial charge in [0.15, 0.2) is 41.4 Å². The Balaban J connectivity index is 1.70. The second kappa shape index (κ2) is 7.20. The van der Waals surface area contributed by atoms with Crippen molar-refractivity contribution in [2.24, 2.45) is 0 Å². The number of benzene rings is 2. The van der Waals surface area contributed by atoms with Gasteiger partial charge in [0.1, 0.15) is 12.4 Å². The predicted octanol–water partition coefficient (Wildman–Crippen LogP) is 4.86. The topological polar surface area (TPSA) is 22.6 Å².